The van der Waals surface area contributed by atoms with Gasteiger partial charge in [0.2, 0.25) is 0 Å². The number of hydrogen-bond donors (Lipinski definition) is 2. The quantitative estimate of drug-likeness (QED) is 0.249. The van der Waals surface area contributed by atoms with Crippen molar-refractivity contribution in [3.8, 4) is 0 Å². The molecule has 192 valence electrons. The molecule has 8 heteroatoms. The van der Waals surface area contributed by atoms with Gasteiger partial charge < -0.3 is 11.5 Å². The number of halogens is 1. The lowest BCUT2D eigenvalue weighted by Gasteiger charge is -2.14. The second-order valence-corrected chi connectivity index (χ2v) is 9.03. The third kappa shape index (κ3) is 6.33. The number of amidine groups is 3. The number of allylic oxidation sites excluding steroid dienone is 4. The van der Waals surface area contributed by atoms with Gasteiger partial charge in [-0.3, -0.25) is 4.99 Å². The molecule has 3 aromatic rings. The Kier molecular flexibility index (Phi) is 9.08. The van der Waals surface area contributed by atoms with Gasteiger partial charge in [0.1, 0.15) is 19.5 Å². The maximum absolute atomic E-state index is 6.41. The molecule has 0 saturated heterocycles. The third-order valence-electron chi connectivity index (χ3n) is 6.31. The molecule has 39 heavy (non-hydrogen) atoms. The van der Waals surface area contributed by atoms with Gasteiger partial charge in [-0.25, -0.2) is 15.0 Å². The number of nitrogens with two attached hydrogens (primary N) is 2. The first-order valence-electron chi connectivity index (χ1n) is 12.3. The van der Waals surface area contributed by atoms with Crippen molar-refractivity contribution < 1.29 is 0 Å². The Morgan fingerprint density at radius 3 is 2.41 bits per heavy atom. The summed E-state index contributed by atoms with van der Waals surface area (Å²) in [5.41, 5.74) is 19.2. The lowest BCUT2D eigenvalue weighted by atomic mass is 9.96. The second kappa shape index (κ2) is 12.8. The van der Waals surface area contributed by atoms with Crippen molar-refractivity contribution >= 4 is 54.4 Å². The molecule has 3 aromatic carbocycles. The highest BCUT2D eigenvalue weighted by Gasteiger charge is 2.19. The van der Waals surface area contributed by atoms with E-state index in [0.29, 0.717) is 29.9 Å². The van der Waals surface area contributed by atoms with Crippen LogP contribution in [0.25, 0.3) is 10.8 Å². The van der Waals surface area contributed by atoms with Crippen molar-refractivity contribution in [2.45, 2.75) is 19.4 Å². The zero-order chi connectivity index (χ0) is 27.8. The van der Waals surface area contributed by atoms with Gasteiger partial charge in [0, 0.05) is 22.3 Å². The molecule has 0 unspecified atom stereocenters. The van der Waals surface area contributed by atoms with Crippen LogP contribution in [0.1, 0.15) is 35.1 Å². The predicted octanol–water partition coefficient (Wildman–Crippen LogP) is 5.89. The number of aliphatic imine (C=N–C) groups is 4. The van der Waals surface area contributed by atoms with E-state index >= 15 is 0 Å². The highest BCUT2D eigenvalue weighted by molar-refractivity contribution is 6.30. The van der Waals surface area contributed by atoms with Crippen LogP contribution in [0.3, 0.4) is 0 Å². The molecule has 0 atom stereocenters. The van der Waals surface area contributed by atoms with Crippen LogP contribution in [0, 0.1) is 0 Å². The van der Waals surface area contributed by atoms with Crippen LogP contribution >= 0.6 is 11.6 Å². The Morgan fingerprint density at radius 2 is 1.74 bits per heavy atom. The van der Waals surface area contributed by atoms with Gasteiger partial charge in [0.15, 0.2) is 11.7 Å². The number of hydrogen-bond acceptors (Lipinski definition) is 4. The summed E-state index contributed by atoms with van der Waals surface area (Å²) in [5.74, 6) is 3.23. The fourth-order valence-corrected chi connectivity index (χ4v) is 4.41. The van der Waals surface area contributed by atoms with Gasteiger partial charge in [-0.2, -0.15) is 0 Å². The summed E-state index contributed by atoms with van der Waals surface area (Å²) in [4.78, 5) is 18.2. The average Bonchev–Trinajstić information content (AvgIpc) is 3.29. The Labute approximate surface area is 235 Å². The molecule has 0 spiro atoms. The van der Waals surface area contributed by atoms with Crippen molar-refractivity contribution in [3.05, 3.63) is 130 Å². The summed E-state index contributed by atoms with van der Waals surface area (Å²) in [5, 5.41) is 2.17. The van der Waals surface area contributed by atoms with Gasteiger partial charge in [-0.1, -0.05) is 78.9 Å². The van der Waals surface area contributed by atoms with E-state index < -0.39 is 0 Å². The first-order chi connectivity index (χ1) is 19.0. The molecule has 6 nitrogen and oxygen atoms in total. The smallest absolute Gasteiger partial charge is 0.161 e. The van der Waals surface area contributed by atoms with Crippen LogP contribution in [-0.4, -0.2) is 32.1 Å². The molecule has 1 aliphatic heterocycles. The van der Waals surface area contributed by atoms with E-state index in [1.807, 2.05) is 42.5 Å². The van der Waals surface area contributed by atoms with Crippen molar-refractivity contribution in [2.24, 2.45) is 31.4 Å². The predicted molar refractivity (Wildman–Crippen MR) is 167 cm³/mol. The molecular formula is C31H28BClN6. The molecule has 1 aliphatic carbocycles. The van der Waals surface area contributed by atoms with Crippen molar-refractivity contribution in [1.29, 1.82) is 0 Å². The van der Waals surface area contributed by atoms with Gasteiger partial charge in [0.05, 0.1) is 6.54 Å². The molecule has 0 amide bonds. The molecule has 2 radical (unpaired) electrons. The third-order valence-corrected chi connectivity index (χ3v) is 6.45. The highest BCUT2D eigenvalue weighted by Crippen LogP contribution is 2.27. The van der Waals surface area contributed by atoms with Gasteiger partial charge in [-0.05, 0) is 59.1 Å². The van der Waals surface area contributed by atoms with Crippen LogP contribution in [0.15, 0.2) is 128 Å². The molecule has 4 N–H and O–H groups in total. The Bertz CT molecular complexity index is 1610. The largest absolute Gasteiger partial charge is 0.383 e. The van der Waals surface area contributed by atoms with Crippen LogP contribution in [0.5, 0.6) is 0 Å². The van der Waals surface area contributed by atoms with E-state index in [-0.39, 0.29) is 0 Å². The summed E-state index contributed by atoms with van der Waals surface area (Å²) in [6, 6.07) is 20.2. The minimum Gasteiger partial charge on any atom is -0.383 e. The number of benzene rings is 3. The van der Waals surface area contributed by atoms with Gasteiger partial charge in [-0.15, -0.1) is 5.98 Å². The van der Waals surface area contributed by atoms with E-state index in [1.165, 1.54) is 11.5 Å². The highest BCUT2D eigenvalue weighted by atomic mass is 35.5. The standard InChI is InChI=1S/C29H26N6.C2H2BCl/c1-18-9-3-6-12-22(18)26(30)34-28(32-2)25-16-20-11-5-4-10-19(20)15-21(25)17-33-29-24-14-8-7-13-23(24)27(31)35-29;3-1-2-4/h3-5,7-11,13-16H,1-2,6,12,17,30H2,(H2,31,33,35);1-2H/b26-22+,34-28-;. The molecule has 2 aliphatic rings. The van der Waals surface area contributed by atoms with Crippen molar-refractivity contribution in [1.82, 2.24) is 0 Å². The zero-order valence-corrected chi connectivity index (χ0v) is 22.3. The summed E-state index contributed by atoms with van der Waals surface area (Å²) >= 11 is 4.88. The fourth-order valence-electron chi connectivity index (χ4n) is 4.41. The Morgan fingerprint density at radius 1 is 1.08 bits per heavy atom. The minimum absolute atomic E-state index is 0.376. The molecule has 0 fully saturated rings. The fraction of sp³-hybridized carbons (Fsp3) is 0.0968. The summed E-state index contributed by atoms with van der Waals surface area (Å²) in [6.07, 6.45) is 5.77. The maximum atomic E-state index is 6.41. The van der Waals surface area contributed by atoms with E-state index in [0.717, 1.165) is 57.0 Å². The minimum atomic E-state index is 0.376. The van der Waals surface area contributed by atoms with Gasteiger partial charge >= 0.3 is 0 Å². The molecule has 1 heterocycles. The molecular weight excluding hydrogens is 503 g/mol. The average molecular weight is 531 g/mol. The first-order valence-corrected chi connectivity index (χ1v) is 12.8. The molecule has 0 aromatic heterocycles. The maximum Gasteiger partial charge on any atom is 0.161 e. The topological polar surface area (TPSA) is 101 Å². The summed E-state index contributed by atoms with van der Waals surface area (Å²) in [7, 11) is 4.72. The lowest BCUT2D eigenvalue weighted by molar-refractivity contribution is 0.936. The first kappa shape index (κ1) is 27.5. The van der Waals surface area contributed by atoms with E-state index in [4.69, 9.17) is 35.9 Å². The summed E-state index contributed by atoms with van der Waals surface area (Å²) < 4.78 is 0. The number of fused-ring (bicyclic) bond motifs is 2. The zero-order valence-electron chi connectivity index (χ0n) is 21.5. The van der Waals surface area contributed by atoms with Crippen LogP contribution in [0.4, 0.5) is 0 Å². The molecule has 0 saturated carbocycles. The molecule has 5 rings (SSSR count). The van der Waals surface area contributed by atoms with Crippen LogP contribution in [-0.2, 0) is 6.54 Å². The van der Waals surface area contributed by atoms with E-state index in [2.05, 4.69) is 58.6 Å². The monoisotopic (exact) mass is 530 g/mol. The molecule has 0 bridgehead atoms. The number of nitrogens with zero attached hydrogens (tertiary/aromatic N) is 4. The SMILES string of the molecule is C=N/C(=N\C(N)=C1/CCC=CC1=C)c1cc2ccccc2cc1CN=C1N=C(N)c2ccccc21.[B]C=CCl. The van der Waals surface area contributed by atoms with Crippen molar-refractivity contribution in [2.75, 3.05) is 0 Å². The second-order valence-electron chi connectivity index (χ2n) is 8.78. The van der Waals surface area contributed by atoms with Crippen molar-refractivity contribution in [3.63, 3.8) is 0 Å². The lowest BCUT2D eigenvalue weighted by Crippen LogP contribution is -2.09. The Hall–Kier alpha value is -4.49. The van der Waals surface area contributed by atoms with Crippen LogP contribution in [0.2, 0.25) is 0 Å². The number of rotatable bonds is 4. The van der Waals surface area contributed by atoms with E-state index in [1.54, 1.807) is 0 Å². The normalized spacial score (nSPS) is 17.2. The Balaban J connectivity index is 0.000000826. The van der Waals surface area contributed by atoms with E-state index in [9.17, 15) is 0 Å². The van der Waals surface area contributed by atoms with Gasteiger partial charge in [0.25, 0.3) is 0 Å². The summed E-state index contributed by atoms with van der Waals surface area (Å²) in [6.45, 7) is 8.26. The van der Waals surface area contributed by atoms with Crippen LogP contribution < -0.4 is 11.5 Å².